The molecule has 4 aliphatic heterocycles. The molecule has 18 nitrogen and oxygen atoms in total. The number of hydrogen-bond donors (Lipinski definition) is 2. The van der Waals surface area contributed by atoms with Gasteiger partial charge >= 0.3 is 0 Å². The van der Waals surface area contributed by atoms with Crippen LogP contribution < -0.4 is 10.6 Å². The summed E-state index contributed by atoms with van der Waals surface area (Å²) < 4.78 is 71.4. The van der Waals surface area contributed by atoms with Crippen molar-refractivity contribution in [2.45, 2.75) is 146 Å². The van der Waals surface area contributed by atoms with Gasteiger partial charge in [0.2, 0.25) is 0 Å². The first kappa shape index (κ1) is 57.8. The number of nitrogens with zero attached hydrogens (tertiary/aromatic N) is 9. The number of rotatable bonds is 15. The number of aryl methyl sites for hydroxylation is 1. The van der Waals surface area contributed by atoms with Gasteiger partial charge in [-0.1, -0.05) is 65.1 Å². The van der Waals surface area contributed by atoms with Crippen LogP contribution in [-0.4, -0.2) is 84.4 Å². The topological polar surface area (TPSA) is 210 Å². The van der Waals surface area contributed by atoms with Crippen molar-refractivity contribution in [1.29, 1.82) is 0 Å². The maximum atomic E-state index is 13.0. The van der Waals surface area contributed by atoms with Crippen molar-refractivity contribution in [3.05, 3.63) is 152 Å². The van der Waals surface area contributed by atoms with Crippen molar-refractivity contribution in [2.75, 3.05) is 43.0 Å². The molecule has 7 aromatic rings. The third-order valence-electron chi connectivity index (χ3n) is 15.2. The summed E-state index contributed by atoms with van der Waals surface area (Å²) in [5, 5.41) is 6.77. The number of aliphatic imine (C=N–C) groups is 1. The standard InChI is InChI=1S/C33H38N6O4S.C29H31N5O3S/c1-20(2)25-13-12-23(36-32(25)34-4)18-24-19-27(31-33(37-24)39(21(3)35-31)30-10-6-7-15-43-30)38-26-14-11-22(28-9-8-16-42-28)17-29(26)44(5,40)41;1-17(2)22-10-9-20(33-29(22)30-4)15-21-16-25(28-24(32-21)13-18(3)31-28)34-23-11-8-19(26-7-6-12-37-26)14-27(23)38(5,35)36/h11-14,17,19-20,28,30H,6-10,15-16,18H2,1-3,5H3,(H,37,38);8-11,14,16-17,26H,6-7,12-13,15H2,1-3,5H3,(H,32,34). The molecule has 0 spiro atoms. The SMILES string of the molecule is [C-]#[N+]c1nc(Cc2cc(Nc3ccc(C4CCCO4)cc3S(C)(=O)=O)c3c(n2)CC(C)=N3)ccc1C(C)C.[C-]#[N+]c1nc(Cc2cc(Nc3ccc(C4CCCO4)cc3S(C)(=O)=O)c3nc(C)n(C4CCCCO4)c3n2)ccc1C(C)C. The Hall–Kier alpha value is -7.46. The molecule has 3 unspecified atom stereocenters. The summed E-state index contributed by atoms with van der Waals surface area (Å²) in [4.78, 5) is 36.5. The van der Waals surface area contributed by atoms with E-state index in [1.54, 1.807) is 18.2 Å². The van der Waals surface area contributed by atoms with Crippen molar-refractivity contribution >= 4 is 76.6 Å². The Balaban J connectivity index is 0.000000186. The zero-order chi connectivity index (χ0) is 58.0. The Labute approximate surface area is 480 Å². The van der Waals surface area contributed by atoms with Crippen LogP contribution in [0.1, 0.15) is 166 Å². The van der Waals surface area contributed by atoms with Gasteiger partial charge in [-0.2, -0.15) is 0 Å². The highest BCUT2D eigenvalue weighted by Crippen LogP contribution is 2.41. The molecule has 0 radical (unpaired) electrons. The van der Waals surface area contributed by atoms with E-state index in [9.17, 15) is 16.8 Å². The van der Waals surface area contributed by atoms with Crippen molar-refractivity contribution < 1.29 is 31.0 Å². The van der Waals surface area contributed by atoms with E-state index in [4.69, 9.17) is 47.3 Å². The molecule has 0 bridgehead atoms. The van der Waals surface area contributed by atoms with Crippen molar-refractivity contribution in [1.82, 2.24) is 29.5 Å². The van der Waals surface area contributed by atoms with E-state index in [0.29, 0.717) is 84.6 Å². The highest BCUT2D eigenvalue weighted by atomic mass is 32.2. The molecular formula is C62H69N11O7S2. The van der Waals surface area contributed by atoms with E-state index in [-0.39, 0.29) is 40.1 Å². The van der Waals surface area contributed by atoms with E-state index in [1.165, 1.54) is 12.5 Å². The number of anilines is 4. The Morgan fingerprint density at radius 3 is 1.61 bits per heavy atom. The van der Waals surface area contributed by atoms with Crippen LogP contribution in [0.5, 0.6) is 0 Å². The lowest BCUT2D eigenvalue weighted by Crippen LogP contribution is -2.19. The summed E-state index contributed by atoms with van der Waals surface area (Å²) in [7, 11) is -7.09. The van der Waals surface area contributed by atoms with Crippen LogP contribution in [0.2, 0.25) is 0 Å². The average Bonchev–Trinajstić information content (AvgIpc) is 3.81. The molecule has 0 saturated carbocycles. The second-order valence-corrected chi connectivity index (χ2v) is 26.3. The van der Waals surface area contributed by atoms with Gasteiger partial charge < -0.3 is 34.5 Å². The number of fused-ring (bicyclic) bond motifs is 2. The van der Waals surface area contributed by atoms with Gasteiger partial charge in [0.15, 0.2) is 25.3 Å². The van der Waals surface area contributed by atoms with Gasteiger partial charge in [-0.05, 0) is 141 Å². The summed E-state index contributed by atoms with van der Waals surface area (Å²) in [5.74, 6) is 1.99. The van der Waals surface area contributed by atoms with Crippen LogP contribution >= 0.6 is 0 Å². The van der Waals surface area contributed by atoms with Gasteiger partial charge in [0.25, 0.3) is 11.6 Å². The Bertz CT molecular complexity index is 3940. The van der Waals surface area contributed by atoms with Gasteiger partial charge in [-0.25, -0.2) is 26.8 Å². The minimum Gasteiger partial charge on any atom is -0.374 e. The van der Waals surface area contributed by atoms with Crippen molar-refractivity contribution in [3.8, 4) is 0 Å². The van der Waals surface area contributed by atoms with E-state index in [2.05, 4.69) is 30.3 Å². The number of pyridine rings is 4. The molecular weight excluding hydrogens is 1070 g/mol. The van der Waals surface area contributed by atoms with Crippen LogP contribution in [0.25, 0.3) is 20.9 Å². The fourth-order valence-corrected chi connectivity index (χ4v) is 12.9. The van der Waals surface area contributed by atoms with Crippen LogP contribution in [0.3, 0.4) is 0 Å². The third-order valence-corrected chi connectivity index (χ3v) is 17.5. The first-order valence-electron chi connectivity index (χ1n) is 28.0. The molecule has 5 aromatic heterocycles. The highest BCUT2D eigenvalue weighted by molar-refractivity contribution is 7.91. The second-order valence-electron chi connectivity index (χ2n) is 22.3. The zero-order valence-corrected chi connectivity index (χ0v) is 49.3. The number of ether oxygens (including phenoxy) is 3. The number of imidazole rings is 1. The molecule has 3 fully saturated rings. The summed E-state index contributed by atoms with van der Waals surface area (Å²) >= 11 is 0. The minimum atomic E-state index is -3.57. The first-order chi connectivity index (χ1) is 39.2. The monoisotopic (exact) mass is 1140 g/mol. The largest absolute Gasteiger partial charge is 0.374 e. The van der Waals surface area contributed by atoms with Crippen molar-refractivity contribution in [3.63, 3.8) is 0 Å². The molecule has 9 heterocycles. The maximum absolute atomic E-state index is 13.0. The molecule has 4 aliphatic rings. The van der Waals surface area contributed by atoms with Gasteiger partial charge in [-0.3, -0.25) is 14.5 Å². The first-order valence-corrected chi connectivity index (χ1v) is 31.8. The second kappa shape index (κ2) is 24.2. The predicted molar refractivity (Wildman–Crippen MR) is 318 cm³/mol. The lowest BCUT2D eigenvalue weighted by Gasteiger charge is -2.25. The predicted octanol–water partition coefficient (Wildman–Crippen LogP) is 13.5. The summed E-state index contributed by atoms with van der Waals surface area (Å²) in [6, 6.07) is 22.5. The molecule has 2 N–H and O–H groups in total. The van der Waals surface area contributed by atoms with Crippen LogP contribution in [-0.2, 0) is 53.1 Å². The fraction of sp³-hybridized carbons (Fsp3) is 0.419. The van der Waals surface area contributed by atoms with Gasteiger partial charge in [0.05, 0.1) is 74.7 Å². The molecule has 0 amide bonds. The molecule has 11 rings (SSSR count). The normalized spacial score (nSPS) is 18.0. The lowest BCUT2D eigenvalue weighted by molar-refractivity contribution is -0.0309. The molecule has 20 heteroatoms. The molecule has 3 atom stereocenters. The molecule has 2 aromatic carbocycles. The average molecular weight is 1140 g/mol. The van der Waals surface area contributed by atoms with Crippen LogP contribution in [0, 0.1) is 20.1 Å². The van der Waals surface area contributed by atoms with Crippen molar-refractivity contribution in [2.24, 2.45) is 4.99 Å². The lowest BCUT2D eigenvalue weighted by atomic mass is 10.0. The zero-order valence-electron chi connectivity index (χ0n) is 47.7. The number of sulfone groups is 2. The van der Waals surface area contributed by atoms with Crippen LogP contribution in [0.15, 0.2) is 87.6 Å². The number of aromatic nitrogens is 6. The fourth-order valence-electron chi connectivity index (χ4n) is 11.2. The van der Waals surface area contributed by atoms with E-state index >= 15 is 0 Å². The number of nitrogens with one attached hydrogen (secondary N) is 2. The summed E-state index contributed by atoms with van der Waals surface area (Å²) in [6.07, 6.45) is 10.1. The molecule has 82 heavy (non-hydrogen) atoms. The third kappa shape index (κ3) is 12.8. The van der Waals surface area contributed by atoms with E-state index in [1.807, 2.05) is 101 Å². The maximum Gasteiger partial charge on any atom is 0.273 e. The molecule has 426 valence electrons. The number of benzene rings is 2. The van der Waals surface area contributed by atoms with Gasteiger partial charge in [0, 0.05) is 44.5 Å². The Morgan fingerprint density at radius 1 is 0.598 bits per heavy atom. The molecule has 3 saturated heterocycles. The van der Waals surface area contributed by atoms with E-state index < -0.39 is 19.7 Å². The number of hydrogen-bond acceptors (Lipinski definition) is 15. The van der Waals surface area contributed by atoms with E-state index in [0.717, 1.165) is 113 Å². The summed E-state index contributed by atoms with van der Waals surface area (Å²) in [5.41, 5.74) is 12.6. The molecule has 0 aliphatic carbocycles. The van der Waals surface area contributed by atoms with Gasteiger partial charge in [0.1, 0.15) is 34.6 Å². The highest BCUT2D eigenvalue weighted by Gasteiger charge is 2.28. The summed E-state index contributed by atoms with van der Waals surface area (Å²) in [6.45, 7) is 29.3. The van der Waals surface area contributed by atoms with Gasteiger partial charge in [-0.15, -0.1) is 9.97 Å². The smallest absolute Gasteiger partial charge is 0.273 e. The van der Waals surface area contributed by atoms with Crippen LogP contribution in [0.4, 0.5) is 40.1 Å². The minimum absolute atomic E-state index is 0.0801. The Kier molecular flexibility index (Phi) is 17.0. The quantitative estimate of drug-likeness (QED) is 0.0915. The Morgan fingerprint density at radius 2 is 1.12 bits per heavy atom.